The molecule has 0 bridgehead atoms. The number of amides is 1. The van der Waals surface area contributed by atoms with Crippen molar-refractivity contribution in [3.8, 4) is 0 Å². The van der Waals surface area contributed by atoms with Gasteiger partial charge in [0.1, 0.15) is 18.5 Å². The van der Waals surface area contributed by atoms with Gasteiger partial charge in [0, 0.05) is 12.1 Å². The molecule has 1 saturated heterocycles. The molecule has 2 aromatic heterocycles. The summed E-state index contributed by atoms with van der Waals surface area (Å²) >= 11 is 0. The number of rotatable bonds is 6. The summed E-state index contributed by atoms with van der Waals surface area (Å²) in [6.07, 6.45) is 1.22. The first kappa shape index (κ1) is 18.1. The monoisotopic (exact) mass is 360 g/mol. The molecule has 2 atom stereocenters. The molecule has 0 spiro atoms. The van der Waals surface area contributed by atoms with E-state index in [1.54, 1.807) is 17.2 Å². The van der Waals surface area contributed by atoms with Gasteiger partial charge in [-0.25, -0.2) is 9.78 Å². The Morgan fingerprint density at radius 1 is 1.23 bits per heavy atom. The van der Waals surface area contributed by atoms with E-state index in [0.29, 0.717) is 30.1 Å². The van der Waals surface area contributed by atoms with E-state index in [1.807, 2.05) is 34.6 Å². The molecule has 0 aromatic carbocycles. The molecule has 0 unspecified atom stereocenters. The van der Waals surface area contributed by atoms with Crippen molar-refractivity contribution in [1.29, 1.82) is 0 Å². The lowest BCUT2D eigenvalue weighted by Crippen LogP contribution is -2.37. The minimum absolute atomic E-state index is 0.0489. The molecule has 1 N–H and O–H groups in total. The van der Waals surface area contributed by atoms with Crippen LogP contribution in [0.5, 0.6) is 0 Å². The van der Waals surface area contributed by atoms with E-state index in [2.05, 4.69) is 25.4 Å². The van der Waals surface area contributed by atoms with Crippen LogP contribution in [0.2, 0.25) is 0 Å². The Kier molecular flexibility index (Phi) is 5.06. The van der Waals surface area contributed by atoms with Gasteiger partial charge in [-0.2, -0.15) is 9.97 Å². The molecule has 3 rings (SSSR count). The molecular formula is C17H24N6O3. The number of carbonyl (C=O) groups is 1. The zero-order valence-corrected chi connectivity index (χ0v) is 15.6. The molecule has 140 valence electrons. The summed E-state index contributed by atoms with van der Waals surface area (Å²) in [5, 5.41) is 7.10. The number of nitrogens with zero attached hydrogens (tertiary/aromatic N) is 5. The first-order chi connectivity index (χ1) is 12.4. The highest BCUT2D eigenvalue weighted by atomic mass is 16.6. The summed E-state index contributed by atoms with van der Waals surface area (Å²) in [6, 6.07) is 1.38. The van der Waals surface area contributed by atoms with Gasteiger partial charge >= 0.3 is 6.09 Å². The van der Waals surface area contributed by atoms with Crippen molar-refractivity contribution >= 4 is 17.9 Å². The fourth-order valence-corrected chi connectivity index (χ4v) is 2.66. The third kappa shape index (κ3) is 3.61. The van der Waals surface area contributed by atoms with Crippen LogP contribution in [-0.4, -0.2) is 38.9 Å². The average molecular weight is 360 g/mol. The SMILES string of the molecule is CC(C)c1noc([C@H](C)Nc2nccc(N3C(=O)OC[C@@H]3C(C)C)n2)n1. The van der Waals surface area contributed by atoms with Crippen molar-refractivity contribution in [2.45, 2.75) is 52.6 Å². The molecule has 1 fully saturated rings. The lowest BCUT2D eigenvalue weighted by atomic mass is 10.0. The standard InChI is InChI=1S/C17H24N6O3/c1-9(2)12-8-25-17(24)23(12)13-6-7-18-16(20-13)19-11(5)15-21-14(10(3)4)22-26-15/h6-7,9-12H,8H2,1-5H3,(H,18,19,20)/t11-,12+/m0/s1. The van der Waals surface area contributed by atoms with E-state index in [0.717, 1.165) is 0 Å². The van der Waals surface area contributed by atoms with E-state index in [1.165, 1.54) is 0 Å². The molecule has 1 aliphatic heterocycles. The van der Waals surface area contributed by atoms with Crippen molar-refractivity contribution < 1.29 is 14.1 Å². The van der Waals surface area contributed by atoms with Gasteiger partial charge in [-0.3, -0.25) is 4.90 Å². The molecule has 2 aromatic rings. The van der Waals surface area contributed by atoms with Gasteiger partial charge in [-0.15, -0.1) is 0 Å². The topological polar surface area (TPSA) is 106 Å². The highest BCUT2D eigenvalue weighted by molar-refractivity contribution is 5.89. The first-order valence-corrected chi connectivity index (χ1v) is 8.76. The maximum Gasteiger partial charge on any atom is 0.415 e. The number of hydrogen-bond donors (Lipinski definition) is 1. The Labute approximate surface area is 152 Å². The largest absolute Gasteiger partial charge is 0.447 e. The molecule has 1 aliphatic rings. The Morgan fingerprint density at radius 3 is 2.65 bits per heavy atom. The average Bonchev–Trinajstić information content (AvgIpc) is 3.22. The summed E-state index contributed by atoms with van der Waals surface area (Å²) in [6.45, 7) is 10.3. The number of hydrogen-bond acceptors (Lipinski definition) is 8. The maximum absolute atomic E-state index is 12.1. The Morgan fingerprint density at radius 2 is 2.00 bits per heavy atom. The van der Waals surface area contributed by atoms with Gasteiger partial charge < -0.3 is 14.6 Å². The van der Waals surface area contributed by atoms with Crippen molar-refractivity contribution in [3.63, 3.8) is 0 Å². The van der Waals surface area contributed by atoms with E-state index in [-0.39, 0.29) is 30.0 Å². The summed E-state index contributed by atoms with van der Waals surface area (Å²) < 4.78 is 10.5. The van der Waals surface area contributed by atoms with E-state index in [9.17, 15) is 4.79 Å². The fourth-order valence-electron chi connectivity index (χ4n) is 2.66. The number of ether oxygens (including phenoxy) is 1. The minimum atomic E-state index is -0.389. The van der Waals surface area contributed by atoms with Crippen LogP contribution in [0.25, 0.3) is 0 Å². The highest BCUT2D eigenvalue weighted by Gasteiger charge is 2.37. The number of carbonyl (C=O) groups excluding carboxylic acids is 1. The predicted molar refractivity (Wildman–Crippen MR) is 94.9 cm³/mol. The lowest BCUT2D eigenvalue weighted by Gasteiger charge is -2.23. The second kappa shape index (κ2) is 7.27. The van der Waals surface area contributed by atoms with Gasteiger partial charge in [-0.05, 0) is 18.9 Å². The van der Waals surface area contributed by atoms with Crippen molar-refractivity contribution in [2.75, 3.05) is 16.8 Å². The molecule has 9 nitrogen and oxygen atoms in total. The maximum atomic E-state index is 12.1. The molecule has 0 radical (unpaired) electrons. The molecule has 0 aliphatic carbocycles. The normalized spacial score (nSPS) is 18.5. The number of nitrogens with one attached hydrogen (secondary N) is 1. The minimum Gasteiger partial charge on any atom is -0.447 e. The van der Waals surface area contributed by atoms with Crippen LogP contribution in [0.3, 0.4) is 0 Å². The summed E-state index contributed by atoms with van der Waals surface area (Å²) in [7, 11) is 0. The molecule has 26 heavy (non-hydrogen) atoms. The fraction of sp³-hybridized carbons (Fsp3) is 0.588. The lowest BCUT2D eigenvalue weighted by molar-refractivity contribution is 0.177. The zero-order valence-electron chi connectivity index (χ0n) is 15.6. The highest BCUT2D eigenvalue weighted by Crippen LogP contribution is 2.26. The summed E-state index contributed by atoms with van der Waals surface area (Å²) in [5.74, 6) is 2.44. The van der Waals surface area contributed by atoms with E-state index in [4.69, 9.17) is 9.26 Å². The first-order valence-electron chi connectivity index (χ1n) is 8.76. The predicted octanol–water partition coefficient (Wildman–Crippen LogP) is 3.14. The van der Waals surface area contributed by atoms with Gasteiger partial charge in [0.15, 0.2) is 5.82 Å². The van der Waals surface area contributed by atoms with Crippen molar-refractivity contribution in [2.24, 2.45) is 5.92 Å². The van der Waals surface area contributed by atoms with Crippen LogP contribution in [0.4, 0.5) is 16.6 Å². The molecule has 1 amide bonds. The van der Waals surface area contributed by atoms with Crippen molar-refractivity contribution in [3.05, 3.63) is 24.0 Å². The Hall–Kier alpha value is -2.71. The van der Waals surface area contributed by atoms with E-state index >= 15 is 0 Å². The summed E-state index contributed by atoms with van der Waals surface area (Å²) in [4.78, 5) is 26.7. The molecule has 3 heterocycles. The van der Waals surface area contributed by atoms with Crippen molar-refractivity contribution in [1.82, 2.24) is 20.1 Å². The van der Waals surface area contributed by atoms with Gasteiger partial charge in [0.05, 0.1) is 6.04 Å². The smallest absolute Gasteiger partial charge is 0.415 e. The quantitative estimate of drug-likeness (QED) is 0.837. The van der Waals surface area contributed by atoms with Gasteiger partial charge in [0.25, 0.3) is 0 Å². The van der Waals surface area contributed by atoms with Crippen LogP contribution in [-0.2, 0) is 4.74 Å². The zero-order chi connectivity index (χ0) is 18.8. The van der Waals surface area contributed by atoms with Crippen LogP contribution in [0.15, 0.2) is 16.8 Å². The second-order valence-electron chi connectivity index (χ2n) is 7.01. The van der Waals surface area contributed by atoms with E-state index < -0.39 is 0 Å². The number of aromatic nitrogens is 4. The van der Waals surface area contributed by atoms with Gasteiger partial charge in [-0.1, -0.05) is 32.9 Å². The third-order valence-corrected chi connectivity index (χ3v) is 4.25. The van der Waals surface area contributed by atoms with Crippen LogP contribution in [0.1, 0.15) is 58.3 Å². The van der Waals surface area contributed by atoms with Gasteiger partial charge in [0.2, 0.25) is 11.8 Å². The summed E-state index contributed by atoms with van der Waals surface area (Å²) in [5.41, 5.74) is 0. The number of anilines is 2. The van der Waals surface area contributed by atoms with Crippen LogP contribution < -0.4 is 10.2 Å². The molecule has 0 saturated carbocycles. The second-order valence-corrected chi connectivity index (χ2v) is 7.01. The Bertz CT molecular complexity index is 775. The Balaban J connectivity index is 1.77. The molecular weight excluding hydrogens is 336 g/mol. The number of cyclic esters (lactones) is 1. The van der Waals surface area contributed by atoms with Crippen LogP contribution >= 0.6 is 0 Å². The molecule has 9 heteroatoms. The third-order valence-electron chi connectivity index (χ3n) is 4.25. The van der Waals surface area contributed by atoms with Crippen LogP contribution in [0, 0.1) is 5.92 Å².